The zero-order valence-electron chi connectivity index (χ0n) is 19.4. The number of para-hydroxylation sites is 2. The standard InChI is InChI=1S/C26H26N2O6S/c1-18(25(29)27-23-12-5-6-13-24(23)33-2)34-26(30)20-10-7-11-22(16-20)35(31,32)28-15-14-19-8-3-4-9-21(19)17-28/h3-13,16,18H,14-15,17H2,1-2H3,(H,27,29). The van der Waals surface area contributed by atoms with E-state index in [4.69, 9.17) is 9.47 Å². The van der Waals surface area contributed by atoms with Crippen LogP contribution in [-0.4, -0.2) is 44.4 Å². The van der Waals surface area contributed by atoms with Crippen LogP contribution in [0.2, 0.25) is 0 Å². The molecule has 0 radical (unpaired) electrons. The minimum Gasteiger partial charge on any atom is -0.495 e. The Morgan fingerprint density at radius 1 is 0.971 bits per heavy atom. The average Bonchev–Trinajstić information content (AvgIpc) is 2.88. The molecular weight excluding hydrogens is 468 g/mol. The van der Waals surface area contributed by atoms with Gasteiger partial charge in [-0.05, 0) is 54.8 Å². The van der Waals surface area contributed by atoms with Crippen LogP contribution in [0, 0.1) is 0 Å². The highest BCUT2D eigenvalue weighted by Crippen LogP contribution is 2.26. The van der Waals surface area contributed by atoms with Gasteiger partial charge in [-0.25, -0.2) is 13.2 Å². The predicted octanol–water partition coefficient (Wildman–Crippen LogP) is 3.63. The molecule has 0 fully saturated rings. The Labute approximate surface area is 204 Å². The van der Waals surface area contributed by atoms with Crippen molar-refractivity contribution in [3.63, 3.8) is 0 Å². The van der Waals surface area contributed by atoms with Crippen LogP contribution < -0.4 is 10.1 Å². The number of methoxy groups -OCH3 is 1. The Hall–Kier alpha value is -3.69. The van der Waals surface area contributed by atoms with Crippen LogP contribution in [0.3, 0.4) is 0 Å². The molecule has 0 aliphatic carbocycles. The molecule has 1 N–H and O–H groups in total. The number of benzene rings is 3. The summed E-state index contributed by atoms with van der Waals surface area (Å²) in [5.74, 6) is -0.870. The second-order valence-electron chi connectivity index (χ2n) is 8.12. The molecule has 35 heavy (non-hydrogen) atoms. The molecule has 1 unspecified atom stereocenters. The first kappa shape index (κ1) is 24.4. The van der Waals surface area contributed by atoms with E-state index in [0.29, 0.717) is 24.4 Å². The van der Waals surface area contributed by atoms with Crippen LogP contribution in [-0.2, 0) is 32.5 Å². The van der Waals surface area contributed by atoms with Crippen LogP contribution in [0.1, 0.15) is 28.4 Å². The van der Waals surface area contributed by atoms with Gasteiger partial charge in [0.25, 0.3) is 5.91 Å². The summed E-state index contributed by atoms with van der Waals surface area (Å²) in [6.07, 6.45) is -0.498. The molecule has 4 rings (SSSR count). The van der Waals surface area contributed by atoms with Gasteiger partial charge < -0.3 is 14.8 Å². The molecule has 1 heterocycles. The van der Waals surface area contributed by atoms with Gasteiger partial charge >= 0.3 is 5.97 Å². The molecule has 0 aromatic heterocycles. The number of ether oxygens (including phenoxy) is 2. The Balaban J connectivity index is 1.45. The number of nitrogens with zero attached hydrogens (tertiary/aromatic N) is 1. The van der Waals surface area contributed by atoms with Crippen LogP contribution in [0.4, 0.5) is 5.69 Å². The molecule has 0 bridgehead atoms. The number of sulfonamides is 1. The van der Waals surface area contributed by atoms with Crippen molar-refractivity contribution in [1.29, 1.82) is 0 Å². The van der Waals surface area contributed by atoms with Gasteiger partial charge in [0.1, 0.15) is 5.75 Å². The van der Waals surface area contributed by atoms with Gasteiger partial charge in [0.05, 0.1) is 23.3 Å². The number of carbonyl (C=O) groups excluding carboxylic acids is 2. The normalized spacial score (nSPS) is 14.5. The first-order chi connectivity index (χ1) is 16.8. The summed E-state index contributed by atoms with van der Waals surface area (Å²) in [4.78, 5) is 25.3. The van der Waals surface area contributed by atoms with Gasteiger partial charge in [-0.2, -0.15) is 4.31 Å². The molecular formula is C26H26N2O6S. The Morgan fingerprint density at radius 3 is 2.46 bits per heavy atom. The molecule has 9 heteroatoms. The molecule has 1 aliphatic rings. The topological polar surface area (TPSA) is 102 Å². The van der Waals surface area contributed by atoms with E-state index in [1.165, 1.54) is 42.6 Å². The predicted molar refractivity (Wildman–Crippen MR) is 131 cm³/mol. The lowest BCUT2D eigenvalue weighted by atomic mass is 10.0. The molecule has 1 amide bonds. The Morgan fingerprint density at radius 2 is 1.69 bits per heavy atom. The summed E-state index contributed by atoms with van der Waals surface area (Å²) in [7, 11) is -2.34. The molecule has 0 saturated heterocycles. The van der Waals surface area contributed by atoms with Gasteiger partial charge in [0.15, 0.2) is 6.10 Å². The first-order valence-electron chi connectivity index (χ1n) is 11.1. The van der Waals surface area contributed by atoms with Crippen molar-refractivity contribution in [1.82, 2.24) is 4.31 Å². The molecule has 1 aliphatic heterocycles. The van der Waals surface area contributed by atoms with E-state index in [1.54, 1.807) is 24.3 Å². The quantitative estimate of drug-likeness (QED) is 0.504. The Kier molecular flexibility index (Phi) is 7.18. The van der Waals surface area contributed by atoms with E-state index in [9.17, 15) is 18.0 Å². The van der Waals surface area contributed by atoms with Gasteiger partial charge in [0, 0.05) is 13.1 Å². The minimum absolute atomic E-state index is 0.00235. The molecule has 8 nitrogen and oxygen atoms in total. The second-order valence-corrected chi connectivity index (χ2v) is 10.1. The zero-order chi connectivity index (χ0) is 25.0. The largest absolute Gasteiger partial charge is 0.495 e. The lowest BCUT2D eigenvalue weighted by molar-refractivity contribution is -0.123. The number of amides is 1. The van der Waals surface area contributed by atoms with Crippen LogP contribution in [0.25, 0.3) is 0 Å². The van der Waals surface area contributed by atoms with E-state index < -0.39 is 28.0 Å². The average molecular weight is 495 g/mol. The van der Waals surface area contributed by atoms with Gasteiger partial charge in [-0.1, -0.05) is 42.5 Å². The lowest BCUT2D eigenvalue weighted by Gasteiger charge is -2.28. The highest BCUT2D eigenvalue weighted by Gasteiger charge is 2.29. The van der Waals surface area contributed by atoms with Crippen molar-refractivity contribution < 1.29 is 27.5 Å². The van der Waals surface area contributed by atoms with E-state index in [1.807, 2.05) is 24.3 Å². The fourth-order valence-corrected chi connectivity index (χ4v) is 5.34. The van der Waals surface area contributed by atoms with Crippen molar-refractivity contribution in [2.45, 2.75) is 30.9 Å². The van der Waals surface area contributed by atoms with Crippen LogP contribution in [0.5, 0.6) is 5.75 Å². The smallest absolute Gasteiger partial charge is 0.338 e. The first-order valence-corrected chi connectivity index (χ1v) is 12.6. The van der Waals surface area contributed by atoms with Crippen LogP contribution >= 0.6 is 0 Å². The number of rotatable bonds is 7. The summed E-state index contributed by atoms with van der Waals surface area (Å²) < 4.78 is 38.4. The SMILES string of the molecule is COc1ccccc1NC(=O)C(C)OC(=O)c1cccc(S(=O)(=O)N2CCc3ccccc3C2)c1. The number of carbonyl (C=O) groups is 2. The number of nitrogens with one attached hydrogen (secondary N) is 1. The lowest BCUT2D eigenvalue weighted by Crippen LogP contribution is -2.36. The highest BCUT2D eigenvalue weighted by atomic mass is 32.2. The third kappa shape index (κ3) is 5.36. The number of hydrogen-bond donors (Lipinski definition) is 1. The van der Waals surface area contributed by atoms with Crippen LogP contribution in [0.15, 0.2) is 77.7 Å². The molecule has 3 aromatic carbocycles. The van der Waals surface area contributed by atoms with Gasteiger partial charge in [-0.3, -0.25) is 4.79 Å². The van der Waals surface area contributed by atoms with Crippen molar-refractivity contribution in [2.24, 2.45) is 0 Å². The van der Waals surface area contributed by atoms with E-state index in [-0.39, 0.29) is 17.0 Å². The summed E-state index contributed by atoms with van der Waals surface area (Å²) in [5, 5.41) is 2.66. The third-order valence-corrected chi connectivity index (χ3v) is 7.66. The monoisotopic (exact) mass is 494 g/mol. The summed E-state index contributed by atoms with van der Waals surface area (Å²) in [6.45, 7) is 2.07. The fraction of sp³-hybridized carbons (Fsp3) is 0.231. The highest BCUT2D eigenvalue weighted by molar-refractivity contribution is 7.89. The molecule has 3 aromatic rings. The van der Waals surface area contributed by atoms with Gasteiger partial charge in [0.2, 0.25) is 10.0 Å². The maximum Gasteiger partial charge on any atom is 0.338 e. The number of fused-ring (bicyclic) bond motifs is 1. The fourth-order valence-electron chi connectivity index (χ4n) is 3.87. The minimum atomic E-state index is -3.82. The summed E-state index contributed by atoms with van der Waals surface area (Å²) in [6, 6.07) is 20.3. The molecule has 0 saturated carbocycles. The molecule has 1 atom stereocenters. The van der Waals surface area contributed by atoms with E-state index >= 15 is 0 Å². The number of hydrogen-bond acceptors (Lipinski definition) is 6. The maximum atomic E-state index is 13.3. The number of esters is 1. The molecule has 182 valence electrons. The van der Waals surface area contributed by atoms with Crippen molar-refractivity contribution in [2.75, 3.05) is 19.0 Å². The summed E-state index contributed by atoms with van der Waals surface area (Å²) in [5.41, 5.74) is 2.59. The number of anilines is 1. The second kappa shape index (κ2) is 10.3. The van der Waals surface area contributed by atoms with Crippen molar-refractivity contribution in [3.8, 4) is 5.75 Å². The van der Waals surface area contributed by atoms with E-state index in [0.717, 1.165) is 11.1 Å². The van der Waals surface area contributed by atoms with Gasteiger partial charge in [-0.15, -0.1) is 0 Å². The Bertz CT molecular complexity index is 1360. The maximum absolute atomic E-state index is 13.3. The third-order valence-electron chi connectivity index (χ3n) is 5.82. The van der Waals surface area contributed by atoms with Crippen molar-refractivity contribution in [3.05, 3.63) is 89.5 Å². The van der Waals surface area contributed by atoms with E-state index in [2.05, 4.69) is 5.32 Å². The van der Waals surface area contributed by atoms with Crippen molar-refractivity contribution >= 4 is 27.6 Å². The molecule has 0 spiro atoms. The zero-order valence-corrected chi connectivity index (χ0v) is 20.2. The summed E-state index contributed by atoms with van der Waals surface area (Å²) >= 11 is 0.